The highest BCUT2D eigenvalue weighted by molar-refractivity contribution is 5.85. The summed E-state index contributed by atoms with van der Waals surface area (Å²) in [6.07, 6.45) is 1.70. The van der Waals surface area contributed by atoms with Gasteiger partial charge >= 0.3 is 0 Å². The summed E-state index contributed by atoms with van der Waals surface area (Å²) in [5.74, 6) is 1.18. The summed E-state index contributed by atoms with van der Waals surface area (Å²) >= 11 is 0. The van der Waals surface area contributed by atoms with Crippen molar-refractivity contribution in [3.63, 3.8) is 0 Å². The zero-order valence-corrected chi connectivity index (χ0v) is 17.3. The number of rotatable bonds is 10. The molecule has 0 saturated carbocycles. The molecule has 0 aromatic heterocycles. The van der Waals surface area contributed by atoms with Gasteiger partial charge in [0.25, 0.3) is 0 Å². The fourth-order valence-electron chi connectivity index (χ4n) is 2.21. The van der Waals surface area contributed by atoms with Crippen molar-refractivity contribution >= 4 is 30.7 Å². The predicted molar refractivity (Wildman–Crippen MR) is 109 cm³/mol. The minimum absolute atomic E-state index is 0. The van der Waals surface area contributed by atoms with E-state index in [9.17, 15) is 4.79 Å². The maximum absolute atomic E-state index is 11.9. The zero-order chi connectivity index (χ0) is 17.2. The second-order valence-electron chi connectivity index (χ2n) is 6.60. The highest BCUT2D eigenvalue weighted by Crippen LogP contribution is 2.12. The fraction of sp³-hybridized carbons (Fsp3) is 0.611. The highest BCUT2D eigenvalue weighted by atomic mass is 35.5. The summed E-state index contributed by atoms with van der Waals surface area (Å²) in [6.45, 7) is 6.33. The largest absolute Gasteiger partial charge is 0.494 e. The van der Waals surface area contributed by atoms with E-state index in [4.69, 9.17) is 10.5 Å². The van der Waals surface area contributed by atoms with Gasteiger partial charge in [-0.2, -0.15) is 0 Å². The first-order valence-electron chi connectivity index (χ1n) is 8.28. The second kappa shape index (κ2) is 14.2. The van der Waals surface area contributed by atoms with Gasteiger partial charge in [0.2, 0.25) is 5.91 Å². The average molecular weight is 394 g/mol. The molecule has 0 spiro atoms. The Bertz CT molecular complexity index is 468. The van der Waals surface area contributed by atoms with Crippen molar-refractivity contribution in [2.45, 2.75) is 39.3 Å². The summed E-state index contributed by atoms with van der Waals surface area (Å²) in [5, 5.41) is 2.88. The van der Waals surface area contributed by atoms with Crippen LogP contribution in [0.1, 0.15) is 32.3 Å². The molecule has 5 nitrogen and oxygen atoms in total. The van der Waals surface area contributed by atoms with Crippen molar-refractivity contribution in [3.8, 4) is 5.75 Å². The van der Waals surface area contributed by atoms with Gasteiger partial charge in [0.05, 0.1) is 12.6 Å². The van der Waals surface area contributed by atoms with Crippen molar-refractivity contribution in [2.75, 3.05) is 27.2 Å². The van der Waals surface area contributed by atoms with E-state index in [1.165, 1.54) is 0 Å². The molecule has 25 heavy (non-hydrogen) atoms. The van der Waals surface area contributed by atoms with E-state index in [1.54, 1.807) is 0 Å². The van der Waals surface area contributed by atoms with E-state index >= 15 is 0 Å². The first-order valence-corrected chi connectivity index (χ1v) is 8.28. The summed E-state index contributed by atoms with van der Waals surface area (Å²) in [7, 11) is 4.10. The van der Waals surface area contributed by atoms with Gasteiger partial charge in [-0.25, -0.2) is 0 Å². The lowest BCUT2D eigenvalue weighted by molar-refractivity contribution is -0.122. The summed E-state index contributed by atoms with van der Waals surface area (Å²) in [5.41, 5.74) is 6.90. The topological polar surface area (TPSA) is 67.6 Å². The van der Waals surface area contributed by atoms with Crippen LogP contribution in [0.4, 0.5) is 0 Å². The number of carbonyl (C=O) groups excluding carboxylic acids is 1. The molecule has 1 aromatic rings. The van der Waals surface area contributed by atoms with Crippen LogP contribution >= 0.6 is 24.8 Å². The summed E-state index contributed by atoms with van der Waals surface area (Å²) in [4.78, 5) is 14.0. The number of nitrogens with one attached hydrogen (secondary N) is 1. The Balaban J connectivity index is 0. The molecule has 3 N–H and O–H groups in total. The Morgan fingerprint density at radius 2 is 1.80 bits per heavy atom. The maximum Gasteiger partial charge on any atom is 0.237 e. The Hall–Kier alpha value is -1.01. The maximum atomic E-state index is 11.9. The van der Waals surface area contributed by atoms with Gasteiger partial charge in [-0.1, -0.05) is 26.0 Å². The molecule has 0 unspecified atom stereocenters. The molecule has 1 amide bonds. The number of nitrogens with two attached hydrogens (primary N) is 1. The van der Waals surface area contributed by atoms with Gasteiger partial charge in [-0.15, -0.1) is 24.8 Å². The van der Waals surface area contributed by atoms with Crippen LogP contribution in [0.2, 0.25) is 0 Å². The number of carbonyl (C=O) groups is 1. The van der Waals surface area contributed by atoms with E-state index in [0.717, 1.165) is 24.3 Å². The first kappa shape index (κ1) is 26.2. The number of ether oxygens (including phenoxy) is 1. The van der Waals surface area contributed by atoms with E-state index in [0.29, 0.717) is 25.5 Å². The van der Waals surface area contributed by atoms with Gasteiger partial charge in [-0.05, 0) is 50.6 Å². The molecule has 0 aliphatic heterocycles. The molecular formula is C18H33Cl2N3O2. The number of amides is 1. The Kier molecular flexibility index (Phi) is 14.9. The zero-order valence-electron chi connectivity index (χ0n) is 15.7. The van der Waals surface area contributed by atoms with Gasteiger partial charge in [0, 0.05) is 13.1 Å². The molecule has 1 aromatic carbocycles. The van der Waals surface area contributed by atoms with Gasteiger partial charge < -0.3 is 20.7 Å². The minimum atomic E-state index is -0.436. The van der Waals surface area contributed by atoms with Crippen molar-refractivity contribution in [2.24, 2.45) is 11.7 Å². The lowest BCUT2D eigenvalue weighted by Gasteiger charge is -2.14. The van der Waals surface area contributed by atoms with Crippen LogP contribution in [0.3, 0.4) is 0 Å². The molecule has 0 heterocycles. The number of halogens is 2. The summed E-state index contributed by atoms with van der Waals surface area (Å²) < 4.78 is 5.68. The number of hydrogen-bond donors (Lipinski definition) is 2. The molecule has 0 fully saturated rings. The highest BCUT2D eigenvalue weighted by Gasteiger charge is 2.14. The quantitative estimate of drug-likeness (QED) is 0.599. The lowest BCUT2D eigenvalue weighted by atomic mass is 10.0. The molecule has 0 aliphatic carbocycles. The van der Waals surface area contributed by atoms with Crippen LogP contribution in [0.15, 0.2) is 24.3 Å². The Labute approximate surface area is 164 Å². The third-order valence-electron chi connectivity index (χ3n) is 3.47. The third kappa shape index (κ3) is 12.1. The van der Waals surface area contributed by atoms with Crippen LogP contribution in [-0.4, -0.2) is 44.1 Å². The second-order valence-corrected chi connectivity index (χ2v) is 6.60. The third-order valence-corrected chi connectivity index (χ3v) is 3.47. The molecule has 7 heteroatoms. The van der Waals surface area contributed by atoms with Crippen molar-refractivity contribution in [1.29, 1.82) is 0 Å². The SMILES string of the molecule is CC(C)C[C@H](N)C(=O)NCc1ccc(OCCCN(C)C)cc1.Cl.Cl. The molecule has 146 valence electrons. The normalized spacial score (nSPS) is 11.5. The average Bonchev–Trinajstić information content (AvgIpc) is 2.49. The van der Waals surface area contributed by atoms with Crippen molar-refractivity contribution < 1.29 is 9.53 Å². The number of benzene rings is 1. The Morgan fingerprint density at radius 1 is 1.20 bits per heavy atom. The smallest absolute Gasteiger partial charge is 0.237 e. The van der Waals surface area contributed by atoms with Crippen LogP contribution < -0.4 is 15.8 Å². The first-order chi connectivity index (χ1) is 10.9. The molecule has 0 aliphatic rings. The minimum Gasteiger partial charge on any atom is -0.494 e. The van der Waals surface area contributed by atoms with Gasteiger partial charge in [-0.3, -0.25) is 4.79 Å². The lowest BCUT2D eigenvalue weighted by Crippen LogP contribution is -2.40. The van der Waals surface area contributed by atoms with Crippen LogP contribution in [-0.2, 0) is 11.3 Å². The van der Waals surface area contributed by atoms with Crippen LogP contribution in [0, 0.1) is 5.92 Å². The van der Waals surface area contributed by atoms with Crippen LogP contribution in [0.5, 0.6) is 5.75 Å². The standard InChI is InChI=1S/C18H31N3O2.2ClH/c1-14(2)12-17(19)18(22)20-13-15-6-8-16(9-7-15)23-11-5-10-21(3)4;;/h6-9,14,17H,5,10-13,19H2,1-4H3,(H,20,22);2*1H/t17-;;/m0../s1. The molecule has 1 atom stereocenters. The van der Waals surface area contributed by atoms with E-state index in [2.05, 4.69) is 38.2 Å². The van der Waals surface area contributed by atoms with Gasteiger partial charge in [0.1, 0.15) is 5.75 Å². The van der Waals surface area contributed by atoms with E-state index < -0.39 is 6.04 Å². The molecule has 0 radical (unpaired) electrons. The molecule has 1 rings (SSSR count). The van der Waals surface area contributed by atoms with Crippen LogP contribution in [0.25, 0.3) is 0 Å². The van der Waals surface area contributed by atoms with E-state index in [-0.39, 0.29) is 30.7 Å². The van der Waals surface area contributed by atoms with Crippen molar-refractivity contribution in [1.82, 2.24) is 10.2 Å². The Morgan fingerprint density at radius 3 is 2.32 bits per heavy atom. The number of hydrogen-bond acceptors (Lipinski definition) is 4. The van der Waals surface area contributed by atoms with E-state index in [1.807, 2.05) is 24.3 Å². The number of nitrogens with zero attached hydrogens (tertiary/aromatic N) is 1. The molecule has 0 saturated heterocycles. The van der Waals surface area contributed by atoms with Gasteiger partial charge in [0.15, 0.2) is 0 Å². The summed E-state index contributed by atoms with van der Waals surface area (Å²) in [6, 6.07) is 7.37. The fourth-order valence-corrected chi connectivity index (χ4v) is 2.21. The van der Waals surface area contributed by atoms with Crippen molar-refractivity contribution in [3.05, 3.63) is 29.8 Å². The molecular weight excluding hydrogens is 361 g/mol. The monoisotopic (exact) mass is 393 g/mol. The molecule has 0 bridgehead atoms. The predicted octanol–water partition coefficient (Wildman–Crippen LogP) is 2.85.